The lowest BCUT2D eigenvalue weighted by atomic mass is 9.91. The number of hydrogen-bond donors (Lipinski definition) is 3. The molecule has 196 valence electrons. The van der Waals surface area contributed by atoms with Crippen LogP contribution in [0.15, 0.2) is 29.3 Å². The number of H-pyrrole nitrogens is 1. The number of amides is 1. The normalized spacial score (nSPS) is 12.7. The zero-order valence-electron chi connectivity index (χ0n) is 21.9. The van der Waals surface area contributed by atoms with Crippen LogP contribution in [0.5, 0.6) is 11.5 Å². The van der Waals surface area contributed by atoms with Crippen molar-refractivity contribution in [1.82, 2.24) is 19.9 Å². The van der Waals surface area contributed by atoms with Gasteiger partial charge >= 0.3 is 0 Å². The molecule has 0 spiro atoms. The second-order valence-electron chi connectivity index (χ2n) is 9.75. The topological polar surface area (TPSA) is 109 Å². The van der Waals surface area contributed by atoms with E-state index in [1.807, 2.05) is 6.92 Å². The minimum atomic E-state index is -1.20. The van der Waals surface area contributed by atoms with Gasteiger partial charge in [0.05, 0.1) is 21.0 Å². The van der Waals surface area contributed by atoms with E-state index in [4.69, 9.17) is 4.74 Å². The van der Waals surface area contributed by atoms with Gasteiger partial charge < -0.3 is 24.7 Å². The molecule has 3 N–H and O–H groups in total. The lowest BCUT2D eigenvalue weighted by Crippen LogP contribution is -2.26. The van der Waals surface area contributed by atoms with E-state index in [9.17, 15) is 14.7 Å². The van der Waals surface area contributed by atoms with Crippen LogP contribution in [-0.4, -0.2) is 37.7 Å². The molecule has 4 heterocycles. The molecule has 0 aliphatic carbocycles. The SMILES string of the molecule is CCNC(=O)c1cc2c(-c3sc(C(C)C(C)(C)O)c(F)c3Oc3c(C)ccnc3C)cn(C)c(=O)c2[nH]1. The highest BCUT2D eigenvalue weighted by molar-refractivity contribution is 7.16. The van der Waals surface area contributed by atoms with Crippen LogP contribution in [0.2, 0.25) is 0 Å². The van der Waals surface area contributed by atoms with E-state index in [0.717, 1.165) is 16.9 Å². The molecule has 4 aromatic heterocycles. The second-order valence-corrected chi connectivity index (χ2v) is 10.8. The summed E-state index contributed by atoms with van der Waals surface area (Å²) < 4.78 is 23.7. The van der Waals surface area contributed by atoms with E-state index < -0.39 is 17.3 Å². The molecule has 0 radical (unpaired) electrons. The smallest absolute Gasteiger partial charge is 0.274 e. The van der Waals surface area contributed by atoms with Crippen molar-refractivity contribution in [3.63, 3.8) is 0 Å². The van der Waals surface area contributed by atoms with Crippen molar-refractivity contribution >= 4 is 28.1 Å². The van der Waals surface area contributed by atoms with E-state index >= 15 is 4.39 Å². The lowest BCUT2D eigenvalue weighted by Gasteiger charge is -2.24. The Kier molecular flexibility index (Phi) is 7.00. The molecule has 0 fully saturated rings. The van der Waals surface area contributed by atoms with Crippen molar-refractivity contribution in [2.45, 2.75) is 53.1 Å². The number of aromatic amines is 1. The summed E-state index contributed by atoms with van der Waals surface area (Å²) in [6.45, 7) is 10.9. The molecule has 4 rings (SSSR count). The van der Waals surface area contributed by atoms with Crippen molar-refractivity contribution in [1.29, 1.82) is 0 Å². The fourth-order valence-corrected chi connectivity index (χ4v) is 5.47. The highest BCUT2D eigenvalue weighted by Gasteiger charge is 2.33. The highest BCUT2D eigenvalue weighted by atomic mass is 32.1. The van der Waals surface area contributed by atoms with Gasteiger partial charge in [-0.2, -0.15) is 0 Å². The number of rotatable bonds is 7. The molecular formula is C27H31FN4O4S. The molecule has 0 saturated carbocycles. The van der Waals surface area contributed by atoms with Crippen molar-refractivity contribution in [2.75, 3.05) is 6.54 Å². The van der Waals surface area contributed by atoms with Gasteiger partial charge in [0.2, 0.25) is 0 Å². The largest absolute Gasteiger partial charge is 0.451 e. The van der Waals surface area contributed by atoms with Crippen LogP contribution in [0.4, 0.5) is 4.39 Å². The Morgan fingerprint density at radius 3 is 2.68 bits per heavy atom. The molecule has 37 heavy (non-hydrogen) atoms. The quantitative estimate of drug-likeness (QED) is 0.308. The molecule has 10 heteroatoms. The van der Waals surface area contributed by atoms with Crippen LogP contribution in [0.25, 0.3) is 21.3 Å². The minimum Gasteiger partial charge on any atom is -0.451 e. The Hall–Kier alpha value is -3.50. The van der Waals surface area contributed by atoms with E-state index in [0.29, 0.717) is 38.7 Å². The van der Waals surface area contributed by atoms with Gasteiger partial charge in [-0.25, -0.2) is 4.39 Å². The molecule has 1 amide bonds. The van der Waals surface area contributed by atoms with Gasteiger partial charge in [-0.05, 0) is 52.3 Å². The maximum atomic E-state index is 16.1. The van der Waals surface area contributed by atoms with E-state index in [1.54, 1.807) is 66.2 Å². The number of hydrogen-bond acceptors (Lipinski definition) is 6. The molecule has 0 aliphatic heterocycles. The summed E-state index contributed by atoms with van der Waals surface area (Å²) in [6, 6.07) is 3.37. The number of nitrogens with one attached hydrogen (secondary N) is 2. The van der Waals surface area contributed by atoms with Gasteiger partial charge in [-0.15, -0.1) is 11.3 Å². The predicted octanol–water partition coefficient (Wildman–Crippen LogP) is 5.16. The third-order valence-corrected chi connectivity index (χ3v) is 7.92. The van der Waals surface area contributed by atoms with Crippen LogP contribution in [0.1, 0.15) is 60.2 Å². The third-order valence-electron chi connectivity index (χ3n) is 6.56. The first-order valence-corrected chi connectivity index (χ1v) is 12.8. The standard InChI is InChI=1S/C27H31FN4O4S/c1-8-29-25(33)18-11-16-17(12-32(7)26(34)20(16)31-18)24-22(36-21-13(2)9-10-30-15(21)4)19(28)23(37-24)14(3)27(5,6)35/h9-12,14,31,35H,8H2,1-7H3,(H,29,33). The van der Waals surface area contributed by atoms with Gasteiger partial charge in [-0.1, -0.05) is 6.92 Å². The number of carbonyl (C=O) groups is 1. The summed E-state index contributed by atoms with van der Waals surface area (Å²) in [7, 11) is 1.60. The van der Waals surface area contributed by atoms with Crippen LogP contribution >= 0.6 is 11.3 Å². The van der Waals surface area contributed by atoms with Gasteiger partial charge in [-0.3, -0.25) is 14.6 Å². The first-order chi connectivity index (χ1) is 17.3. The number of nitrogens with zero attached hydrogens (tertiary/aromatic N) is 2. The van der Waals surface area contributed by atoms with Gasteiger partial charge in [0, 0.05) is 42.9 Å². The van der Waals surface area contributed by atoms with E-state index in [-0.39, 0.29) is 28.4 Å². The number of aryl methyl sites for hydroxylation is 3. The summed E-state index contributed by atoms with van der Waals surface area (Å²) in [6.07, 6.45) is 3.27. The van der Waals surface area contributed by atoms with Crippen LogP contribution < -0.4 is 15.6 Å². The molecule has 0 bridgehead atoms. The Bertz CT molecular complexity index is 1540. The number of aromatic nitrogens is 3. The Morgan fingerprint density at radius 1 is 1.35 bits per heavy atom. The maximum absolute atomic E-state index is 16.1. The van der Waals surface area contributed by atoms with Crippen molar-refractivity contribution in [2.24, 2.45) is 7.05 Å². The summed E-state index contributed by atoms with van der Waals surface area (Å²) >= 11 is 1.15. The maximum Gasteiger partial charge on any atom is 0.274 e. The first-order valence-electron chi connectivity index (χ1n) is 12.0. The molecule has 0 aromatic carbocycles. The summed E-state index contributed by atoms with van der Waals surface area (Å²) in [5.41, 5.74) is 0.843. The Labute approximate surface area is 218 Å². The average molecular weight is 527 g/mol. The first kappa shape index (κ1) is 26.6. The van der Waals surface area contributed by atoms with E-state index in [2.05, 4.69) is 15.3 Å². The number of aliphatic hydroxyl groups is 1. The number of thiophene rings is 1. The van der Waals surface area contributed by atoms with Crippen LogP contribution in [-0.2, 0) is 7.05 Å². The highest BCUT2D eigenvalue weighted by Crippen LogP contribution is 2.49. The zero-order valence-corrected chi connectivity index (χ0v) is 22.8. The molecular weight excluding hydrogens is 495 g/mol. The molecule has 0 aliphatic rings. The van der Waals surface area contributed by atoms with E-state index in [1.165, 1.54) is 4.57 Å². The Morgan fingerprint density at radius 2 is 2.05 bits per heavy atom. The summed E-state index contributed by atoms with van der Waals surface area (Å²) in [5.74, 6) is -1.07. The Balaban J connectivity index is 2.03. The molecule has 1 unspecified atom stereocenters. The van der Waals surface area contributed by atoms with Gasteiger partial charge in [0.1, 0.15) is 11.2 Å². The number of carbonyl (C=O) groups excluding carboxylic acids is 1. The average Bonchev–Trinajstić information content (AvgIpc) is 3.40. The monoisotopic (exact) mass is 526 g/mol. The number of ether oxygens (including phenoxy) is 1. The summed E-state index contributed by atoms with van der Waals surface area (Å²) in [4.78, 5) is 33.4. The van der Waals surface area contributed by atoms with Gasteiger partial charge in [0.25, 0.3) is 11.5 Å². The van der Waals surface area contributed by atoms with Gasteiger partial charge in [0.15, 0.2) is 17.3 Å². The second kappa shape index (κ2) is 9.75. The van der Waals surface area contributed by atoms with Crippen molar-refractivity contribution in [3.8, 4) is 21.9 Å². The predicted molar refractivity (Wildman–Crippen MR) is 143 cm³/mol. The molecule has 1 atom stereocenters. The number of halogens is 1. The zero-order chi connectivity index (χ0) is 27.2. The van der Waals surface area contributed by atoms with Crippen molar-refractivity contribution < 1.29 is 19.0 Å². The third kappa shape index (κ3) is 4.78. The number of fused-ring (bicyclic) bond motifs is 1. The van der Waals surface area contributed by atoms with Crippen LogP contribution in [0.3, 0.4) is 0 Å². The molecule has 8 nitrogen and oxygen atoms in total. The number of pyridine rings is 2. The summed E-state index contributed by atoms with van der Waals surface area (Å²) in [5, 5.41) is 13.9. The van der Waals surface area contributed by atoms with Crippen LogP contribution in [0, 0.1) is 19.7 Å². The molecule has 0 saturated heterocycles. The van der Waals surface area contributed by atoms with Crippen molar-refractivity contribution in [3.05, 3.63) is 62.5 Å². The molecule has 4 aromatic rings. The fourth-order valence-electron chi connectivity index (χ4n) is 4.11. The lowest BCUT2D eigenvalue weighted by molar-refractivity contribution is 0.0558. The minimum absolute atomic E-state index is 0.0176. The fraction of sp³-hybridized carbons (Fsp3) is 0.370.